The van der Waals surface area contributed by atoms with Gasteiger partial charge in [0.2, 0.25) is 5.91 Å². The second kappa shape index (κ2) is 6.03. The van der Waals surface area contributed by atoms with Crippen LogP contribution in [0.3, 0.4) is 0 Å². The largest absolute Gasteiger partial charge is 0.480 e. The van der Waals surface area contributed by atoms with E-state index in [1.807, 2.05) is 0 Å². The number of rotatable bonds is 4. The maximum atomic E-state index is 12.1. The van der Waals surface area contributed by atoms with E-state index in [1.54, 1.807) is 0 Å². The molecule has 1 aromatic rings. The van der Waals surface area contributed by atoms with Gasteiger partial charge in [0.15, 0.2) is 9.84 Å². The van der Waals surface area contributed by atoms with Crippen LogP contribution in [0.2, 0.25) is 5.02 Å². The second-order valence-corrected chi connectivity index (χ2v) is 7.22. The Morgan fingerprint density at radius 2 is 1.90 bits per heavy atom. The molecule has 1 aliphatic heterocycles. The molecule has 1 atom stereocenters. The van der Waals surface area contributed by atoms with Crippen LogP contribution in [-0.2, 0) is 19.4 Å². The van der Waals surface area contributed by atoms with Crippen molar-refractivity contribution in [3.8, 4) is 0 Å². The molecule has 1 aromatic carbocycles. The number of hydrogen-bond acceptors (Lipinski definition) is 4. The summed E-state index contributed by atoms with van der Waals surface area (Å²) >= 11 is 5.69. The van der Waals surface area contributed by atoms with Crippen LogP contribution in [0.25, 0.3) is 0 Å². The zero-order valence-electron chi connectivity index (χ0n) is 11.0. The average molecular weight is 332 g/mol. The Morgan fingerprint density at radius 3 is 2.48 bits per heavy atom. The first kappa shape index (κ1) is 15.8. The highest BCUT2D eigenvalue weighted by Gasteiger charge is 2.35. The molecule has 0 bridgehead atoms. The van der Waals surface area contributed by atoms with E-state index in [4.69, 9.17) is 16.7 Å². The Labute approximate surface area is 127 Å². The van der Waals surface area contributed by atoms with Gasteiger partial charge in [0, 0.05) is 11.6 Å². The van der Waals surface area contributed by atoms with Gasteiger partial charge in [-0.1, -0.05) is 11.6 Å². The van der Waals surface area contributed by atoms with Crippen LogP contribution >= 0.6 is 11.6 Å². The molecule has 2 rings (SSSR count). The molecule has 8 heteroatoms. The third kappa shape index (κ3) is 3.54. The predicted octanol–water partition coefficient (Wildman–Crippen LogP) is 1.19. The molecule has 21 heavy (non-hydrogen) atoms. The molecule has 1 saturated heterocycles. The van der Waals surface area contributed by atoms with Gasteiger partial charge in [-0.2, -0.15) is 0 Å². The van der Waals surface area contributed by atoms with Crippen molar-refractivity contribution in [2.75, 3.05) is 12.3 Å². The highest BCUT2D eigenvalue weighted by Crippen LogP contribution is 2.20. The second-order valence-electron chi connectivity index (χ2n) is 4.80. The highest BCUT2D eigenvalue weighted by atomic mass is 35.5. The molecule has 1 unspecified atom stereocenters. The normalized spacial score (nSPS) is 18.7. The number of carboxylic acids is 1. The molecular weight excluding hydrogens is 318 g/mol. The number of carboxylic acid groups (broad SMARTS) is 1. The lowest BCUT2D eigenvalue weighted by Gasteiger charge is -2.21. The number of benzene rings is 1. The van der Waals surface area contributed by atoms with Crippen molar-refractivity contribution in [2.45, 2.75) is 23.8 Å². The summed E-state index contributed by atoms with van der Waals surface area (Å²) in [6, 6.07) is 4.56. The molecular formula is C13H14ClNO5S. The molecule has 1 amide bonds. The van der Waals surface area contributed by atoms with Crippen LogP contribution in [0, 0.1) is 0 Å². The standard InChI is InChI=1S/C13H14ClNO5S/c14-9-3-5-10(6-4-9)21(19,20)8-12(16)15-7-1-2-11(15)13(17)18/h3-6,11H,1-2,7-8H2,(H,17,18). The minimum Gasteiger partial charge on any atom is -0.480 e. The summed E-state index contributed by atoms with van der Waals surface area (Å²) < 4.78 is 24.3. The van der Waals surface area contributed by atoms with E-state index >= 15 is 0 Å². The number of carbonyl (C=O) groups excluding carboxylic acids is 1. The molecule has 0 radical (unpaired) electrons. The van der Waals surface area contributed by atoms with Crippen molar-refractivity contribution in [1.82, 2.24) is 4.90 Å². The van der Waals surface area contributed by atoms with Crippen molar-refractivity contribution in [3.05, 3.63) is 29.3 Å². The fourth-order valence-electron chi connectivity index (χ4n) is 2.29. The third-order valence-corrected chi connectivity index (χ3v) is 5.21. The number of sulfone groups is 1. The van der Waals surface area contributed by atoms with Crippen LogP contribution in [0.15, 0.2) is 29.2 Å². The number of amides is 1. The van der Waals surface area contributed by atoms with Crippen molar-refractivity contribution < 1.29 is 23.1 Å². The number of nitrogens with zero attached hydrogens (tertiary/aromatic N) is 1. The van der Waals surface area contributed by atoms with Gasteiger partial charge in [-0.15, -0.1) is 0 Å². The van der Waals surface area contributed by atoms with Crippen molar-refractivity contribution in [2.24, 2.45) is 0 Å². The van der Waals surface area contributed by atoms with Crippen LogP contribution in [0.5, 0.6) is 0 Å². The van der Waals surface area contributed by atoms with Crippen LogP contribution < -0.4 is 0 Å². The Morgan fingerprint density at radius 1 is 1.29 bits per heavy atom. The molecule has 0 spiro atoms. The van der Waals surface area contributed by atoms with Crippen LogP contribution in [0.1, 0.15) is 12.8 Å². The van der Waals surface area contributed by atoms with E-state index in [0.717, 1.165) is 4.90 Å². The van der Waals surface area contributed by atoms with Gasteiger partial charge in [0.25, 0.3) is 0 Å². The quantitative estimate of drug-likeness (QED) is 0.894. The number of hydrogen-bond donors (Lipinski definition) is 1. The summed E-state index contributed by atoms with van der Waals surface area (Å²) in [5, 5.41) is 9.41. The summed E-state index contributed by atoms with van der Waals surface area (Å²) in [5.41, 5.74) is 0. The Hall–Kier alpha value is -1.60. The monoisotopic (exact) mass is 331 g/mol. The van der Waals surface area contributed by atoms with Crippen LogP contribution in [-0.4, -0.2) is 48.6 Å². The van der Waals surface area contributed by atoms with Crippen molar-refractivity contribution in [3.63, 3.8) is 0 Å². The Kier molecular flexibility index (Phi) is 4.53. The summed E-state index contributed by atoms with van der Waals surface area (Å²) in [7, 11) is -3.81. The summed E-state index contributed by atoms with van der Waals surface area (Å²) in [5.74, 6) is -2.53. The summed E-state index contributed by atoms with van der Waals surface area (Å²) in [6.45, 7) is 0.270. The first-order chi connectivity index (χ1) is 9.81. The summed E-state index contributed by atoms with van der Waals surface area (Å²) in [4.78, 5) is 24.2. The first-order valence-corrected chi connectivity index (χ1v) is 8.35. The van der Waals surface area contributed by atoms with Gasteiger partial charge in [0.1, 0.15) is 11.8 Å². The third-order valence-electron chi connectivity index (χ3n) is 3.34. The lowest BCUT2D eigenvalue weighted by Crippen LogP contribution is -2.43. The maximum absolute atomic E-state index is 12.1. The van der Waals surface area contributed by atoms with Gasteiger partial charge in [0.05, 0.1) is 4.90 Å². The number of halogens is 1. The number of carbonyl (C=O) groups is 2. The SMILES string of the molecule is O=C(O)C1CCCN1C(=O)CS(=O)(=O)c1ccc(Cl)cc1. The minimum atomic E-state index is -3.81. The number of aliphatic carboxylic acids is 1. The maximum Gasteiger partial charge on any atom is 0.326 e. The first-order valence-electron chi connectivity index (χ1n) is 6.32. The van der Waals surface area contributed by atoms with E-state index in [-0.39, 0.29) is 11.4 Å². The van der Waals surface area contributed by atoms with Gasteiger partial charge in [-0.25, -0.2) is 13.2 Å². The molecule has 0 saturated carbocycles. The van der Waals surface area contributed by atoms with Gasteiger partial charge in [-0.3, -0.25) is 4.79 Å². The summed E-state index contributed by atoms with van der Waals surface area (Å²) in [6.07, 6.45) is 0.908. The van der Waals surface area contributed by atoms with Gasteiger partial charge >= 0.3 is 5.97 Å². The average Bonchev–Trinajstić information content (AvgIpc) is 2.88. The Balaban J connectivity index is 2.15. The van der Waals surface area contributed by atoms with Gasteiger partial charge in [-0.05, 0) is 37.1 Å². The van der Waals surface area contributed by atoms with E-state index in [2.05, 4.69) is 0 Å². The van der Waals surface area contributed by atoms with Crippen molar-refractivity contribution in [1.29, 1.82) is 0 Å². The fraction of sp³-hybridized carbons (Fsp3) is 0.385. The minimum absolute atomic E-state index is 0.00804. The molecule has 1 heterocycles. The molecule has 1 N–H and O–H groups in total. The van der Waals surface area contributed by atoms with Gasteiger partial charge < -0.3 is 10.0 Å². The van der Waals surface area contributed by atoms with E-state index in [0.29, 0.717) is 17.9 Å². The Bertz CT molecular complexity index is 656. The molecule has 6 nitrogen and oxygen atoms in total. The zero-order chi connectivity index (χ0) is 15.6. The molecule has 1 aliphatic rings. The smallest absolute Gasteiger partial charge is 0.326 e. The van der Waals surface area contributed by atoms with Crippen molar-refractivity contribution >= 4 is 33.3 Å². The molecule has 1 fully saturated rings. The highest BCUT2D eigenvalue weighted by molar-refractivity contribution is 7.92. The molecule has 114 valence electrons. The number of likely N-dealkylation sites (tertiary alicyclic amines) is 1. The van der Waals surface area contributed by atoms with E-state index in [9.17, 15) is 18.0 Å². The molecule has 0 aliphatic carbocycles. The predicted molar refractivity (Wildman–Crippen MR) is 75.9 cm³/mol. The zero-order valence-corrected chi connectivity index (χ0v) is 12.6. The lowest BCUT2D eigenvalue weighted by atomic mass is 10.2. The lowest BCUT2D eigenvalue weighted by molar-refractivity contribution is -0.147. The van der Waals surface area contributed by atoms with Crippen LogP contribution in [0.4, 0.5) is 0 Å². The van der Waals surface area contributed by atoms with E-state index < -0.39 is 33.5 Å². The van der Waals surface area contributed by atoms with E-state index in [1.165, 1.54) is 24.3 Å². The topological polar surface area (TPSA) is 91.8 Å². The fourth-order valence-corrected chi connectivity index (χ4v) is 3.63. The molecule has 0 aromatic heterocycles.